The number of carbonyl (C=O) groups excluding carboxylic acids is 1. The molecule has 1 heteroatoms. The van der Waals surface area contributed by atoms with Crippen LogP contribution in [0.25, 0.3) is 0 Å². The van der Waals surface area contributed by atoms with Crippen LogP contribution < -0.4 is 0 Å². The predicted octanol–water partition coefficient (Wildman–Crippen LogP) is 6.58. The highest BCUT2D eigenvalue weighted by atomic mass is 16.1. The molecular formula is C26H28O. The molecular weight excluding hydrogens is 328 g/mol. The summed E-state index contributed by atoms with van der Waals surface area (Å²) in [6, 6.07) is 28.9. The van der Waals surface area contributed by atoms with Gasteiger partial charge in [0.2, 0.25) is 0 Å². The van der Waals surface area contributed by atoms with Gasteiger partial charge in [0, 0.05) is 12.0 Å². The highest BCUT2D eigenvalue weighted by molar-refractivity contribution is 5.96. The minimum atomic E-state index is 0.153. The standard InChI is InChI=1S/C26H28O/c1-26(2,3)24-16-14-20(15-17-24)18-23(21-10-6-4-7-11-21)19-25(27)22-12-8-5-9-13-22/h4-17,23H,18-19H2,1-3H3. The molecule has 3 aromatic rings. The van der Waals surface area contributed by atoms with E-state index in [9.17, 15) is 4.79 Å². The summed E-state index contributed by atoms with van der Waals surface area (Å²) in [5.41, 5.74) is 4.78. The van der Waals surface area contributed by atoms with Crippen LogP contribution in [0.2, 0.25) is 0 Å². The topological polar surface area (TPSA) is 17.1 Å². The van der Waals surface area contributed by atoms with Crippen LogP contribution in [0.4, 0.5) is 0 Å². The number of rotatable bonds is 6. The molecule has 0 spiro atoms. The molecule has 0 aliphatic heterocycles. The fourth-order valence-corrected chi connectivity index (χ4v) is 3.42. The summed E-state index contributed by atoms with van der Waals surface area (Å²) in [4.78, 5) is 12.8. The molecule has 0 saturated carbocycles. The predicted molar refractivity (Wildman–Crippen MR) is 113 cm³/mol. The molecule has 0 N–H and O–H groups in total. The average molecular weight is 357 g/mol. The normalized spacial score (nSPS) is 12.6. The van der Waals surface area contributed by atoms with E-state index in [1.54, 1.807) is 0 Å². The average Bonchev–Trinajstić information content (AvgIpc) is 2.68. The maximum atomic E-state index is 12.8. The van der Waals surface area contributed by atoms with Crippen LogP contribution in [0.5, 0.6) is 0 Å². The van der Waals surface area contributed by atoms with Gasteiger partial charge in [-0.2, -0.15) is 0 Å². The van der Waals surface area contributed by atoms with Crippen molar-refractivity contribution in [2.45, 2.75) is 44.9 Å². The van der Waals surface area contributed by atoms with Crippen molar-refractivity contribution in [2.75, 3.05) is 0 Å². The van der Waals surface area contributed by atoms with E-state index < -0.39 is 0 Å². The molecule has 138 valence electrons. The lowest BCUT2D eigenvalue weighted by Crippen LogP contribution is -2.12. The fraction of sp³-hybridized carbons (Fsp3) is 0.269. The molecule has 1 unspecified atom stereocenters. The van der Waals surface area contributed by atoms with E-state index in [1.165, 1.54) is 16.7 Å². The number of hydrogen-bond donors (Lipinski definition) is 0. The lowest BCUT2D eigenvalue weighted by atomic mass is 9.84. The second kappa shape index (κ2) is 8.35. The van der Waals surface area contributed by atoms with Gasteiger partial charge in [0.25, 0.3) is 0 Å². The first-order valence-corrected chi connectivity index (χ1v) is 9.66. The number of hydrogen-bond acceptors (Lipinski definition) is 1. The van der Waals surface area contributed by atoms with Crippen LogP contribution in [0.1, 0.15) is 60.2 Å². The summed E-state index contributed by atoms with van der Waals surface area (Å²) in [6.07, 6.45) is 1.39. The Labute approximate surface area is 163 Å². The molecule has 0 aliphatic rings. The zero-order valence-electron chi connectivity index (χ0n) is 16.5. The molecule has 0 radical (unpaired) electrons. The lowest BCUT2D eigenvalue weighted by Gasteiger charge is -2.21. The Morgan fingerprint density at radius 1 is 0.778 bits per heavy atom. The Hall–Kier alpha value is -2.67. The molecule has 0 amide bonds. The Balaban J connectivity index is 1.81. The van der Waals surface area contributed by atoms with Crippen LogP contribution in [-0.4, -0.2) is 5.78 Å². The van der Waals surface area contributed by atoms with Gasteiger partial charge >= 0.3 is 0 Å². The van der Waals surface area contributed by atoms with Crippen molar-refractivity contribution in [2.24, 2.45) is 0 Å². The summed E-state index contributed by atoms with van der Waals surface area (Å²) in [5, 5.41) is 0. The second-order valence-corrected chi connectivity index (χ2v) is 8.25. The van der Waals surface area contributed by atoms with Crippen LogP contribution >= 0.6 is 0 Å². The summed E-state index contributed by atoms with van der Waals surface area (Å²) < 4.78 is 0. The first kappa shape index (κ1) is 19.1. The summed E-state index contributed by atoms with van der Waals surface area (Å²) in [5.74, 6) is 0.384. The van der Waals surface area contributed by atoms with E-state index in [4.69, 9.17) is 0 Å². The number of benzene rings is 3. The van der Waals surface area contributed by atoms with Crippen molar-refractivity contribution >= 4 is 5.78 Å². The number of carbonyl (C=O) groups is 1. The van der Waals surface area contributed by atoms with Crippen molar-refractivity contribution in [3.05, 3.63) is 107 Å². The molecule has 1 nitrogen and oxygen atoms in total. The Morgan fingerprint density at radius 2 is 1.33 bits per heavy atom. The molecule has 0 bridgehead atoms. The Morgan fingerprint density at radius 3 is 1.89 bits per heavy atom. The van der Waals surface area contributed by atoms with Crippen LogP contribution in [0.15, 0.2) is 84.9 Å². The van der Waals surface area contributed by atoms with Gasteiger partial charge in [0.05, 0.1) is 0 Å². The Bertz CT molecular complexity index is 856. The van der Waals surface area contributed by atoms with Gasteiger partial charge in [0.1, 0.15) is 0 Å². The third-order valence-electron chi connectivity index (χ3n) is 5.10. The summed E-state index contributed by atoms with van der Waals surface area (Å²) in [6.45, 7) is 6.69. The molecule has 3 rings (SSSR count). The molecule has 27 heavy (non-hydrogen) atoms. The van der Waals surface area contributed by atoms with Gasteiger partial charge in [-0.1, -0.05) is 106 Å². The van der Waals surface area contributed by atoms with Gasteiger partial charge in [-0.3, -0.25) is 4.79 Å². The van der Waals surface area contributed by atoms with Gasteiger partial charge in [-0.25, -0.2) is 0 Å². The quantitative estimate of drug-likeness (QED) is 0.456. The Kier molecular flexibility index (Phi) is 5.91. The maximum Gasteiger partial charge on any atom is 0.163 e. The third-order valence-corrected chi connectivity index (χ3v) is 5.10. The van der Waals surface area contributed by atoms with E-state index in [0.717, 1.165) is 12.0 Å². The molecule has 0 aliphatic carbocycles. The smallest absolute Gasteiger partial charge is 0.163 e. The van der Waals surface area contributed by atoms with Crippen molar-refractivity contribution < 1.29 is 4.79 Å². The maximum absolute atomic E-state index is 12.8. The van der Waals surface area contributed by atoms with Gasteiger partial charge in [-0.15, -0.1) is 0 Å². The van der Waals surface area contributed by atoms with E-state index in [-0.39, 0.29) is 17.1 Å². The lowest BCUT2D eigenvalue weighted by molar-refractivity contribution is 0.0973. The van der Waals surface area contributed by atoms with Crippen molar-refractivity contribution in [3.8, 4) is 0 Å². The molecule has 0 fully saturated rings. The third kappa shape index (κ3) is 5.17. The number of Topliss-reactive ketones (excluding diaryl/α,β-unsaturated/α-hetero) is 1. The molecule has 0 aromatic heterocycles. The SMILES string of the molecule is CC(C)(C)c1ccc(CC(CC(=O)c2ccccc2)c2ccccc2)cc1. The van der Waals surface area contributed by atoms with Crippen LogP contribution in [0.3, 0.4) is 0 Å². The highest BCUT2D eigenvalue weighted by Crippen LogP contribution is 2.28. The van der Waals surface area contributed by atoms with E-state index in [2.05, 4.69) is 69.3 Å². The molecule has 3 aromatic carbocycles. The van der Waals surface area contributed by atoms with Crippen molar-refractivity contribution in [3.63, 3.8) is 0 Å². The second-order valence-electron chi connectivity index (χ2n) is 8.25. The number of ketones is 1. The zero-order chi connectivity index (χ0) is 19.3. The van der Waals surface area contributed by atoms with Crippen molar-refractivity contribution in [1.29, 1.82) is 0 Å². The molecule has 0 heterocycles. The van der Waals surface area contributed by atoms with E-state index in [0.29, 0.717) is 6.42 Å². The van der Waals surface area contributed by atoms with Gasteiger partial charge < -0.3 is 0 Å². The fourth-order valence-electron chi connectivity index (χ4n) is 3.42. The van der Waals surface area contributed by atoms with Gasteiger partial charge in [0.15, 0.2) is 5.78 Å². The zero-order valence-corrected chi connectivity index (χ0v) is 16.5. The summed E-state index contributed by atoms with van der Waals surface area (Å²) in [7, 11) is 0. The van der Waals surface area contributed by atoms with Gasteiger partial charge in [-0.05, 0) is 34.4 Å². The van der Waals surface area contributed by atoms with E-state index >= 15 is 0 Å². The minimum absolute atomic E-state index is 0.153. The first-order chi connectivity index (χ1) is 12.9. The van der Waals surface area contributed by atoms with Crippen LogP contribution in [-0.2, 0) is 11.8 Å². The first-order valence-electron chi connectivity index (χ1n) is 9.66. The van der Waals surface area contributed by atoms with E-state index in [1.807, 2.05) is 36.4 Å². The highest BCUT2D eigenvalue weighted by Gasteiger charge is 2.19. The molecule has 1 atom stereocenters. The summed E-state index contributed by atoms with van der Waals surface area (Å²) >= 11 is 0. The van der Waals surface area contributed by atoms with Crippen molar-refractivity contribution in [1.82, 2.24) is 0 Å². The molecule has 0 saturated heterocycles. The largest absolute Gasteiger partial charge is 0.294 e. The van der Waals surface area contributed by atoms with Crippen LogP contribution in [0, 0.1) is 0 Å². The monoisotopic (exact) mass is 356 g/mol. The minimum Gasteiger partial charge on any atom is -0.294 e.